The number of carbonyl (C=O) groups is 2. The number of carbonyl (C=O) groups excluding carboxylic acids is 2. The number of alkyl halides is 6. The van der Waals surface area contributed by atoms with Gasteiger partial charge in [0.25, 0.3) is 5.91 Å². The molecule has 2 aromatic carbocycles. The molecule has 2 rings (SSSR count). The summed E-state index contributed by atoms with van der Waals surface area (Å²) in [7, 11) is 0. The van der Waals surface area contributed by atoms with Crippen molar-refractivity contribution in [3.05, 3.63) is 53.6 Å². The van der Waals surface area contributed by atoms with Crippen molar-refractivity contribution in [2.45, 2.75) is 25.7 Å². The fourth-order valence-corrected chi connectivity index (χ4v) is 2.24. The molecule has 0 fully saturated rings. The molecule has 30 heavy (non-hydrogen) atoms. The van der Waals surface area contributed by atoms with Gasteiger partial charge in [0.2, 0.25) is 5.91 Å². The maximum atomic E-state index is 12.8. The number of halogens is 6. The maximum absolute atomic E-state index is 12.8. The number of hydrogen-bond acceptors (Lipinski definition) is 3. The lowest BCUT2D eigenvalue weighted by atomic mass is 10.1. The lowest BCUT2D eigenvalue weighted by Crippen LogP contribution is -2.20. The lowest BCUT2D eigenvalue weighted by molar-refractivity contribution is -0.143. The zero-order valence-electron chi connectivity index (χ0n) is 15.4. The van der Waals surface area contributed by atoms with Crippen molar-refractivity contribution in [2.24, 2.45) is 0 Å². The fourth-order valence-electron chi connectivity index (χ4n) is 2.24. The van der Waals surface area contributed by atoms with E-state index in [-0.39, 0.29) is 24.1 Å². The number of hydrogen-bond donors (Lipinski definition) is 2. The number of nitrogens with one attached hydrogen (secondary N) is 2. The molecule has 0 aromatic heterocycles. The predicted molar refractivity (Wildman–Crippen MR) is 95.9 cm³/mol. The molecule has 0 heterocycles. The van der Waals surface area contributed by atoms with Gasteiger partial charge in [-0.15, -0.1) is 0 Å². The first-order valence-corrected chi connectivity index (χ1v) is 8.50. The summed E-state index contributed by atoms with van der Waals surface area (Å²) in [6, 6.07) is 6.65. The molecule has 0 aliphatic heterocycles. The van der Waals surface area contributed by atoms with Gasteiger partial charge < -0.3 is 15.4 Å². The van der Waals surface area contributed by atoms with E-state index in [0.29, 0.717) is 17.8 Å². The molecule has 0 atom stereocenters. The first kappa shape index (κ1) is 23.0. The molecular formula is C19H16F6N2O3. The highest BCUT2D eigenvalue weighted by molar-refractivity contribution is 5.93. The van der Waals surface area contributed by atoms with Gasteiger partial charge in [-0.05, 0) is 42.5 Å². The molecule has 0 saturated carbocycles. The Labute approximate surface area is 167 Å². The standard InChI is InChI=1S/C19H16F6N2O3/c1-2-16(28)26-13-3-5-14(6-4-13)27-17(29)10-30-15-8-11(18(20,21)22)7-12(9-15)19(23,24)25/h3-9H,2,10H2,1H3,(H,26,28)(H,27,29). The summed E-state index contributed by atoms with van der Waals surface area (Å²) < 4.78 is 81.8. The minimum atomic E-state index is -5.02. The highest BCUT2D eigenvalue weighted by atomic mass is 19.4. The fraction of sp³-hybridized carbons (Fsp3) is 0.263. The monoisotopic (exact) mass is 434 g/mol. The topological polar surface area (TPSA) is 67.4 Å². The molecule has 0 aliphatic carbocycles. The third-order valence-corrected chi connectivity index (χ3v) is 3.70. The van der Waals surface area contributed by atoms with E-state index in [4.69, 9.17) is 4.74 Å². The van der Waals surface area contributed by atoms with Gasteiger partial charge in [-0.25, -0.2) is 0 Å². The maximum Gasteiger partial charge on any atom is 0.416 e. The van der Waals surface area contributed by atoms with Crippen LogP contribution in [0, 0.1) is 0 Å². The van der Waals surface area contributed by atoms with Gasteiger partial charge in [0.15, 0.2) is 6.61 Å². The largest absolute Gasteiger partial charge is 0.484 e. The first-order chi connectivity index (χ1) is 13.9. The van der Waals surface area contributed by atoms with Crippen LogP contribution in [0.5, 0.6) is 5.75 Å². The van der Waals surface area contributed by atoms with Crippen molar-refractivity contribution in [3.63, 3.8) is 0 Å². The average molecular weight is 434 g/mol. The van der Waals surface area contributed by atoms with Crippen LogP contribution in [0.25, 0.3) is 0 Å². The summed E-state index contributed by atoms with van der Waals surface area (Å²) in [6.45, 7) is 0.860. The Bertz CT molecular complexity index is 876. The van der Waals surface area contributed by atoms with Gasteiger partial charge >= 0.3 is 12.4 Å². The summed E-state index contributed by atoms with van der Waals surface area (Å²) in [5.74, 6) is -1.75. The van der Waals surface area contributed by atoms with Gasteiger partial charge in [-0.2, -0.15) is 26.3 Å². The van der Waals surface area contributed by atoms with E-state index in [1.165, 1.54) is 24.3 Å². The molecule has 162 valence electrons. The van der Waals surface area contributed by atoms with Crippen LogP contribution in [0.15, 0.2) is 42.5 Å². The van der Waals surface area contributed by atoms with E-state index in [1.807, 2.05) is 0 Å². The Hall–Kier alpha value is -3.24. The van der Waals surface area contributed by atoms with E-state index in [0.717, 1.165) is 0 Å². The van der Waals surface area contributed by atoms with Crippen molar-refractivity contribution in [2.75, 3.05) is 17.2 Å². The van der Waals surface area contributed by atoms with Gasteiger partial charge in [-0.3, -0.25) is 9.59 Å². The molecule has 2 amide bonds. The Balaban J connectivity index is 2.04. The lowest BCUT2D eigenvalue weighted by Gasteiger charge is -2.15. The normalized spacial score (nSPS) is 11.7. The zero-order chi connectivity index (χ0) is 22.5. The smallest absolute Gasteiger partial charge is 0.416 e. The number of benzene rings is 2. The van der Waals surface area contributed by atoms with E-state index in [9.17, 15) is 35.9 Å². The molecule has 2 N–H and O–H groups in total. The Morgan fingerprint density at radius 2 is 1.23 bits per heavy atom. The number of ether oxygens (including phenoxy) is 1. The summed E-state index contributed by atoms with van der Waals surface area (Å²) in [5.41, 5.74) is -2.31. The van der Waals surface area contributed by atoms with Gasteiger partial charge in [0.1, 0.15) is 5.75 Å². The van der Waals surface area contributed by atoms with Crippen molar-refractivity contribution >= 4 is 23.2 Å². The second-order valence-electron chi connectivity index (χ2n) is 6.06. The van der Waals surface area contributed by atoms with Crippen LogP contribution in [0.3, 0.4) is 0 Å². The molecule has 0 saturated heterocycles. The zero-order valence-corrected chi connectivity index (χ0v) is 15.4. The van der Waals surface area contributed by atoms with Crippen LogP contribution < -0.4 is 15.4 Å². The van der Waals surface area contributed by atoms with E-state index in [1.54, 1.807) is 6.92 Å². The van der Waals surface area contributed by atoms with Crippen molar-refractivity contribution in [1.29, 1.82) is 0 Å². The Kier molecular flexibility index (Phi) is 6.96. The Morgan fingerprint density at radius 3 is 1.63 bits per heavy atom. The highest BCUT2D eigenvalue weighted by Crippen LogP contribution is 2.38. The quantitative estimate of drug-likeness (QED) is 0.623. The average Bonchev–Trinajstić information content (AvgIpc) is 2.66. The van der Waals surface area contributed by atoms with Crippen LogP contribution in [0.4, 0.5) is 37.7 Å². The summed E-state index contributed by atoms with van der Waals surface area (Å²) >= 11 is 0. The minimum Gasteiger partial charge on any atom is -0.484 e. The molecule has 5 nitrogen and oxygen atoms in total. The van der Waals surface area contributed by atoms with Crippen molar-refractivity contribution in [1.82, 2.24) is 0 Å². The predicted octanol–water partition coefficient (Wildman–Crippen LogP) is 5.09. The summed E-state index contributed by atoms with van der Waals surface area (Å²) in [4.78, 5) is 23.2. The second-order valence-corrected chi connectivity index (χ2v) is 6.06. The SMILES string of the molecule is CCC(=O)Nc1ccc(NC(=O)COc2cc(C(F)(F)F)cc(C(F)(F)F)c2)cc1. The number of anilines is 2. The van der Waals surface area contributed by atoms with Crippen molar-refractivity contribution in [3.8, 4) is 5.75 Å². The minimum absolute atomic E-state index is 0.0359. The van der Waals surface area contributed by atoms with Crippen LogP contribution in [0.2, 0.25) is 0 Å². The molecule has 0 aliphatic rings. The molecule has 11 heteroatoms. The molecule has 0 spiro atoms. The summed E-state index contributed by atoms with van der Waals surface area (Å²) in [5, 5.41) is 4.97. The van der Waals surface area contributed by atoms with Crippen LogP contribution >= 0.6 is 0 Å². The number of rotatable bonds is 6. The van der Waals surface area contributed by atoms with Crippen LogP contribution in [-0.4, -0.2) is 18.4 Å². The van der Waals surface area contributed by atoms with E-state index >= 15 is 0 Å². The summed E-state index contributed by atoms with van der Waals surface area (Å²) in [6.07, 6.45) is -9.76. The van der Waals surface area contributed by atoms with E-state index < -0.39 is 41.7 Å². The van der Waals surface area contributed by atoms with Crippen LogP contribution in [-0.2, 0) is 21.9 Å². The van der Waals surface area contributed by atoms with Crippen molar-refractivity contribution < 1.29 is 40.7 Å². The first-order valence-electron chi connectivity index (χ1n) is 8.50. The molecule has 0 radical (unpaired) electrons. The van der Waals surface area contributed by atoms with Gasteiger partial charge in [0, 0.05) is 17.8 Å². The molecule has 0 unspecified atom stereocenters. The van der Waals surface area contributed by atoms with E-state index in [2.05, 4.69) is 10.6 Å². The van der Waals surface area contributed by atoms with Gasteiger partial charge in [0.05, 0.1) is 11.1 Å². The Morgan fingerprint density at radius 1 is 0.800 bits per heavy atom. The molecular weight excluding hydrogens is 418 g/mol. The van der Waals surface area contributed by atoms with Crippen LogP contribution in [0.1, 0.15) is 24.5 Å². The molecule has 2 aromatic rings. The number of amides is 2. The third kappa shape index (κ3) is 6.68. The third-order valence-electron chi connectivity index (χ3n) is 3.70. The highest BCUT2D eigenvalue weighted by Gasteiger charge is 2.37. The second kappa shape index (κ2) is 9.06. The molecule has 0 bridgehead atoms. The van der Waals surface area contributed by atoms with Gasteiger partial charge in [-0.1, -0.05) is 6.92 Å².